The lowest BCUT2D eigenvalue weighted by Gasteiger charge is -2.28. The maximum Gasteiger partial charge on any atom is 0.276 e. The maximum atomic E-state index is 12.5. The number of hydrogen-bond donors (Lipinski definition) is 2. The van der Waals surface area contributed by atoms with Crippen LogP contribution in [0.3, 0.4) is 0 Å². The van der Waals surface area contributed by atoms with E-state index in [9.17, 15) is 9.59 Å². The van der Waals surface area contributed by atoms with Crippen LogP contribution in [0, 0.1) is 0 Å². The van der Waals surface area contributed by atoms with Gasteiger partial charge in [-0.05, 0) is 11.6 Å². The van der Waals surface area contributed by atoms with Crippen LogP contribution in [0.15, 0.2) is 42.6 Å². The van der Waals surface area contributed by atoms with Crippen LogP contribution in [0.5, 0.6) is 0 Å². The summed E-state index contributed by atoms with van der Waals surface area (Å²) in [4.78, 5) is 25.6. The molecule has 2 amide bonds. The number of fused-ring (bicyclic) bond motifs is 1. The highest BCUT2D eigenvalue weighted by atomic mass is 16.5. The molecule has 0 unspecified atom stereocenters. The Bertz CT molecular complexity index is 679. The van der Waals surface area contributed by atoms with Crippen LogP contribution in [0.2, 0.25) is 0 Å². The highest BCUT2D eigenvalue weighted by Gasteiger charge is 2.26. The van der Waals surface area contributed by atoms with Crippen molar-refractivity contribution < 1.29 is 14.8 Å². The smallest absolute Gasteiger partial charge is 0.276 e. The lowest BCUT2D eigenvalue weighted by Crippen LogP contribution is -2.39. The standard InChI is InChI=1S/C15H15N3O3/c19-14(16-21)12-8-13-15(20)18(7-6-17(13)10-12)9-11-4-2-1-3-5-11/h1-5,8,10,21H,6-7,9H2,(H,16,19). The van der Waals surface area contributed by atoms with E-state index in [1.165, 1.54) is 6.07 Å². The van der Waals surface area contributed by atoms with Crippen molar-refractivity contribution in [3.8, 4) is 0 Å². The Balaban J connectivity index is 1.82. The van der Waals surface area contributed by atoms with Crippen LogP contribution in [-0.4, -0.2) is 33.0 Å². The summed E-state index contributed by atoms with van der Waals surface area (Å²) in [7, 11) is 0. The van der Waals surface area contributed by atoms with Gasteiger partial charge < -0.3 is 9.47 Å². The molecular formula is C15H15N3O3. The Morgan fingerprint density at radius 3 is 2.71 bits per heavy atom. The summed E-state index contributed by atoms with van der Waals surface area (Å²) in [5, 5.41) is 8.66. The molecule has 1 aliphatic rings. The third-order valence-corrected chi connectivity index (χ3v) is 3.59. The maximum absolute atomic E-state index is 12.5. The van der Waals surface area contributed by atoms with Crippen molar-refractivity contribution in [1.29, 1.82) is 0 Å². The van der Waals surface area contributed by atoms with Gasteiger partial charge in [-0.1, -0.05) is 30.3 Å². The first-order valence-corrected chi connectivity index (χ1v) is 6.67. The van der Waals surface area contributed by atoms with Crippen LogP contribution in [0.25, 0.3) is 0 Å². The number of benzene rings is 1. The molecule has 6 nitrogen and oxygen atoms in total. The number of rotatable bonds is 3. The molecule has 1 aromatic heterocycles. The van der Waals surface area contributed by atoms with Crippen LogP contribution in [-0.2, 0) is 13.1 Å². The number of carbonyl (C=O) groups is 2. The molecule has 2 aromatic rings. The molecule has 6 heteroatoms. The fourth-order valence-electron chi connectivity index (χ4n) is 2.51. The number of carbonyl (C=O) groups excluding carboxylic acids is 2. The quantitative estimate of drug-likeness (QED) is 0.658. The second kappa shape index (κ2) is 5.41. The first-order chi connectivity index (χ1) is 10.2. The van der Waals surface area contributed by atoms with E-state index >= 15 is 0 Å². The van der Waals surface area contributed by atoms with E-state index in [2.05, 4.69) is 0 Å². The molecule has 0 fully saturated rings. The first-order valence-electron chi connectivity index (χ1n) is 6.67. The van der Waals surface area contributed by atoms with Gasteiger partial charge in [0.25, 0.3) is 11.8 Å². The molecule has 2 N–H and O–H groups in total. The summed E-state index contributed by atoms with van der Waals surface area (Å²) in [6.45, 7) is 1.77. The van der Waals surface area contributed by atoms with E-state index in [1.807, 2.05) is 30.3 Å². The molecule has 0 saturated heterocycles. The van der Waals surface area contributed by atoms with Gasteiger partial charge in [-0.25, -0.2) is 5.48 Å². The minimum Gasteiger partial charge on any atom is -0.341 e. The second-order valence-corrected chi connectivity index (χ2v) is 4.96. The van der Waals surface area contributed by atoms with Gasteiger partial charge in [0, 0.05) is 25.8 Å². The van der Waals surface area contributed by atoms with E-state index in [0.29, 0.717) is 25.3 Å². The third-order valence-electron chi connectivity index (χ3n) is 3.59. The molecule has 21 heavy (non-hydrogen) atoms. The van der Waals surface area contributed by atoms with Crippen molar-refractivity contribution in [3.63, 3.8) is 0 Å². The normalized spacial score (nSPS) is 14.0. The Hall–Kier alpha value is -2.60. The fraction of sp³-hybridized carbons (Fsp3) is 0.200. The molecule has 0 bridgehead atoms. The molecule has 1 aliphatic heterocycles. The van der Waals surface area contributed by atoms with Crippen molar-refractivity contribution in [2.45, 2.75) is 13.1 Å². The average molecular weight is 285 g/mol. The number of aromatic nitrogens is 1. The Labute approximate surface area is 121 Å². The Morgan fingerprint density at radius 1 is 1.24 bits per heavy atom. The molecule has 1 aromatic carbocycles. The molecule has 0 radical (unpaired) electrons. The van der Waals surface area contributed by atoms with Crippen molar-refractivity contribution in [2.24, 2.45) is 0 Å². The molecule has 2 heterocycles. The van der Waals surface area contributed by atoms with Gasteiger partial charge in [-0.15, -0.1) is 0 Å². The van der Waals surface area contributed by atoms with E-state index < -0.39 is 5.91 Å². The van der Waals surface area contributed by atoms with E-state index in [0.717, 1.165) is 5.56 Å². The zero-order valence-corrected chi connectivity index (χ0v) is 11.3. The van der Waals surface area contributed by atoms with Gasteiger partial charge >= 0.3 is 0 Å². The minimum absolute atomic E-state index is 0.109. The predicted molar refractivity (Wildman–Crippen MR) is 74.9 cm³/mol. The van der Waals surface area contributed by atoms with Crippen LogP contribution < -0.4 is 5.48 Å². The van der Waals surface area contributed by atoms with Gasteiger partial charge in [-0.2, -0.15) is 0 Å². The van der Waals surface area contributed by atoms with Gasteiger partial charge in [0.2, 0.25) is 0 Å². The largest absolute Gasteiger partial charge is 0.341 e. The van der Waals surface area contributed by atoms with Gasteiger partial charge in [0.1, 0.15) is 5.69 Å². The van der Waals surface area contributed by atoms with Crippen molar-refractivity contribution in [2.75, 3.05) is 6.54 Å². The third kappa shape index (κ3) is 2.53. The highest BCUT2D eigenvalue weighted by Crippen LogP contribution is 2.18. The molecule has 0 atom stereocenters. The van der Waals surface area contributed by atoms with Crippen LogP contribution in [0.4, 0.5) is 0 Å². The number of nitrogens with zero attached hydrogens (tertiary/aromatic N) is 2. The van der Waals surface area contributed by atoms with E-state index in [4.69, 9.17) is 5.21 Å². The predicted octanol–water partition coefficient (Wildman–Crippen LogP) is 1.26. The highest BCUT2D eigenvalue weighted by molar-refractivity contribution is 5.99. The van der Waals surface area contributed by atoms with Crippen LogP contribution in [0.1, 0.15) is 26.4 Å². The summed E-state index contributed by atoms with van der Waals surface area (Å²) in [5.74, 6) is -0.721. The second-order valence-electron chi connectivity index (χ2n) is 4.96. The minimum atomic E-state index is -0.612. The Morgan fingerprint density at radius 2 is 2.00 bits per heavy atom. The summed E-state index contributed by atoms with van der Waals surface area (Å²) < 4.78 is 1.74. The molecule has 0 saturated carbocycles. The summed E-state index contributed by atoms with van der Waals surface area (Å²) in [5.41, 5.74) is 3.40. The summed E-state index contributed by atoms with van der Waals surface area (Å²) >= 11 is 0. The zero-order chi connectivity index (χ0) is 14.8. The monoisotopic (exact) mass is 285 g/mol. The average Bonchev–Trinajstić information content (AvgIpc) is 2.95. The SMILES string of the molecule is O=C(NO)c1cc2n(c1)CCN(Cc1ccccc1)C2=O. The summed E-state index contributed by atoms with van der Waals surface area (Å²) in [6.07, 6.45) is 1.58. The number of hydroxylamine groups is 1. The first kappa shape index (κ1) is 13.4. The number of nitrogens with one attached hydrogen (secondary N) is 1. The van der Waals surface area contributed by atoms with Crippen molar-refractivity contribution in [1.82, 2.24) is 14.9 Å². The molecule has 0 spiro atoms. The zero-order valence-electron chi connectivity index (χ0n) is 11.3. The fourth-order valence-corrected chi connectivity index (χ4v) is 2.51. The molecular weight excluding hydrogens is 270 g/mol. The Kier molecular flexibility index (Phi) is 3.45. The molecule has 0 aliphatic carbocycles. The number of hydrogen-bond acceptors (Lipinski definition) is 3. The topological polar surface area (TPSA) is 74.6 Å². The van der Waals surface area contributed by atoms with E-state index in [1.54, 1.807) is 21.1 Å². The lowest BCUT2D eigenvalue weighted by atomic mass is 10.2. The number of amides is 2. The van der Waals surface area contributed by atoms with Gasteiger partial charge in [0.05, 0.1) is 5.56 Å². The lowest BCUT2D eigenvalue weighted by molar-refractivity contribution is 0.0689. The molecule has 3 rings (SSSR count). The van der Waals surface area contributed by atoms with Crippen molar-refractivity contribution >= 4 is 11.8 Å². The molecule has 108 valence electrons. The van der Waals surface area contributed by atoms with Gasteiger partial charge in [0.15, 0.2) is 0 Å². The summed E-state index contributed by atoms with van der Waals surface area (Å²) in [6, 6.07) is 11.3. The van der Waals surface area contributed by atoms with E-state index in [-0.39, 0.29) is 11.5 Å². The van der Waals surface area contributed by atoms with Gasteiger partial charge in [-0.3, -0.25) is 14.8 Å². The van der Waals surface area contributed by atoms with Crippen molar-refractivity contribution in [3.05, 3.63) is 59.4 Å². The van der Waals surface area contributed by atoms with Crippen LogP contribution >= 0.6 is 0 Å².